The van der Waals surface area contributed by atoms with Gasteiger partial charge in [0, 0.05) is 73.3 Å². The van der Waals surface area contributed by atoms with Gasteiger partial charge < -0.3 is 9.30 Å². The number of pyridine rings is 1. The van der Waals surface area contributed by atoms with Crippen LogP contribution in [-0.4, -0.2) is 37.6 Å². The monoisotopic (exact) mass is 560 g/mol. The number of hydrogen-bond donors (Lipinski definition) is 0. The van der Waals surface area contributed by atoms with E-state index in [0.29, 0.717) is 54.9 Å². The fourth-order valence-corrected chi connectivity index (χ4v) is 6.32. The summed E-state index contributed by atoms with van der Waals surface area (Å²) in [5, 5.41) is 4.71. The van der Waals surface area contributed by atoms with E-state index in [1.807, 2.05) is 6.07 Å². The normalized spacial score (nSPS) is 25.1. The summed E-state index contributed by atoms with van der Waals surface area (Å²) in [6, 6.07) is 4.45. The van der Waals surface area contributed by atoms with Crippen molar-refractivity contribution in [3.8, 4) is 0 Å². The second kappa shape index (κ2) is 9.78. The molecule has 1 saturated heterocycles. The molecule has 11 heteroatoms. The number of alkyl halides is 4. The van der Waals surface area contributed by atoms with Crippen LogP contribution in [0.4, 0.5) is 17.6 Å². The van der Waals surface area contributed by atoms with E-state index in [-0.39, 0.29) is 48.6 Å². The van der Waals surface area contributed by atoms with Crippen molar-refractivity contribution in [2.45, 2.75) is 101 Å². The Morgan fingerprint density at radius 2 is 1.70 bits per heavy atom. The lowest BCUT2D eigenvalue weighted by Gasteiger charge is -2.37. The number of fused-ring (bicyclic) bond motifs is 1. The topological polar surface area (TPSA) is 78.5 Å². The van der Waals surface area contributed by atoms with Crippen molar-refractivity contribution in [2.75, 3.05) is 6.61 Å². The molecule has 2 atom stereocenters. The lowest BCUT2D eigenvalue weighted by Crippen LogP contribution is -2.41. The van der Waals surface area contributed by atoms with E-state index in [2.05, 4.69) is 4.98 Å². The molecule has 0 radical (unpaired) electrons. The Morgan fingerprint density at radius 1 is 0.975 bits per heavy atom. The Kier molecular flexibility index (Phi) is 6.63. The van der Waals surface area contributed by atoms with Crippen LogP contribution < -0.4 is 11.1 Å². The molecule has 214 valence electrons. The van der Waals surface area contributed by atoms with Crippen molar-refractivity contribution in [2.24, 2.45) is 0 Å². The molecule has 2 saturated carbocycles. The van der Waals surface area contributed by atoms with Crippen LogP contribution in [-0.2, 0) is 4.74 Å². The smallest absolute Gasteiger partial charge is 0.277 e. The van der Waals surface area contributed by atoms with Crippen LogP contribution >= 0.6 is 0 Å². The molecule has 0 amide bonds. The molecule has 1 aliphatic heterocycles. The lowest BCUT2D eigenvalue weighted by atomic mass is 9.81. The number of halogens is 4. The third-order valence-corrected chi connectivity index (χ3v) is 8.96. The standard InChI is InChI=1S/C29H32F4N4O3/c1-16-17(2)34-26-22(18-5-8-28(30,31)9-6-18)12-23(35-37(26)27(16)39)19-7-10-40-24(11-19)20-3-4-25(38)36(15-20)21-13-29(32,33)14-21/h3-4,12,15,18-19,21,24H,5-11,13-14H2,1-2H3/t19-,24+/m1/s1. The number of nitrogens with zero attached hydrogens (tertiary/aromatic N) is 4. The molecular formula is C29H32F4N4O3. The highest BCUT2D eigenvalue weighted by Crippen LogP contribution is 2.46. The Labute approximate surface area is 228 Å². The van der Waals surface area contributed by atoms with Gasteiger partial charge in [-0.05, 0) is 63.1 Å². The van der Waals surface area contributed by atoms with E-state index in [0.717, 1.165) is 11.1 Å². The molecule has 0 N–H and O–H groups in total. The fraction of sp³-hybridized carbons (Fsp3) is 0.586. The third kappa shape index (κ3) is 4.97. The van der Waals surface area contributed by atoms with Crippen molar-refractivity contribution in [3.05, 3.63) is 73.2 Å². The van der Waals surface area contributed by atoms with Gasteiger partial charge in [-0.1, -0.05) is 0 Å². The zero-order valence-electron chi connectivity index (χ0n) is 22.5. The summed E-state index contributed by atoms with van der Waals surface area (Å²) in [5.41, 5.74) is 3.05. The van der Waals surface area contributed by atoms with Crippen LogP contribution in [0.15, 0.2) is 34.0 Å². The molecule has 0 unspecified atom stereocenters. The van der Waals surface area contributed by atoms with E-state index in [4.69, 9.17) is 9.84 Å². The van der Waals surface area contributed by atoms with E-state index in [1.165, 1.54) is 15.1 Å². The minimum atomic E-state index is -2.75. The highest BCUT2D eigenvalue weighted by Gasteiger charge is 2.46. The number of rotatable bonds is 4. The summed E-state index contributed by atoms with van der Waals surface area (Å²) in [6.45, 7) is 3.86. The van der Waals surface area contributed by atoms with Crippen LogP contribution in [0, 0.1) is 13.8 Å². The second-order valence-corrected chi connectivity index (χ2v) is 11.7. The van der Waals surface area contributed by atoms with Crippen molar-refractivity contribution < 1.29 is 22.3 Å². The predicted octanol–water partition coefficient (Wildman–Crippen LogP) is 5.77. The molecule has 3 aromatic rings. The summed E-state index contributed by atoms with van der Waals surface area (Å²) in [7, 11) is 0. The largest absolute Gasteiger partial charge is 0.373 e. The van der Waals surface area contributed by atoms with Gasteiger partial charge in [0.2, 0.25) is 5.92 Å². The molecule has 3 fully saturated rings. The molecule has 0 spiro atoms. The molecule has 0 aromatic carbocycles. The van der Waals surface area contributed by atoms with Crippen LogP contribution in [0.5, 0.6) is 0 Å². The van der Waals surface area contributed by atoms with Gasteiger partial charge in [0.05, 0.1) is 11.8 Å². The van der Waals surface area contributed by atoms with Gasteiger partial charge in [-0.2, -0.15) is 9.61 Å². The summed E-state index contributed by atoms with van der Waals surface area (Å²) in [6.07, 6.45) is 1.83. The molecule has 4 heterocycles. The lowest BCUT2D eigenvalue weighted by molar-refractivity contribution is -0.105. The molecule has 7 nitrogen and oxygen atoms in total. The number of aromatic nitrogens is 4. The third-order valence-electron chi connectivity index (χ3n) is 8.96. The maximum Gasteiger partial charge on any atom is 0.277 e. The van der Waals surface area contributed by atoms with Crippen molar-refractivity contribution in [3.63, 3.8) is 0 Å². The van der Waals surface area contributed by atoms with E-state index in [1.54, 1.807) is 26.1 Å². The fourth-order valence-electron chi connectivity index (χ4n) is 6.32. The summed E-state index contributed by atoms with van der Waals surface area (Å²) in [5.74, 6) is -5.69. The Hall–Kier alpha value is -3.08. The molecule has 3 aromatic heterocycles. The molecule has 40 heavy (non-hydrogen) atoms. The first kappa shape index (κ1) is 27.1. The summed E-state index contributed by atoms with van der Waals surface area (Å²) >= 11 is 0. The van der Waals surface area contributed by atoms with E-state index >= 15 is 0 Å². The average molecular weight is 561 g/mol. The molecule has 0 bridgehead atoms. The van der Waals surface area contributed by atoms with Crippen LogP contribution in [0.25, 0.3) is 5.65 Å². The van der Waals surface area contributed by atoms with Crippen molar-refractivity contribution in [1.29, 1.82) is 0 Å². The van der Waals surface area contributed by atoms with E-state index < -0.39 is 24.0 Å². The van der Waals surface area contributed by atoms with Gasteiger partial charge in [0.25, 0.3) is 17.0 Å². The predicted molar refractivity (Wildman–Crippen MR) is 139 cm³/mol. The summed E-state index contributed by atoms with van der Waals surface area (Å²) in [4.78, 5) is 30.3. The number of ether oxygens (including phenoxy) is 1. The first-order valence-electron chi connectivity index (χ1n) is 13.9. The number of aryl methyl sites for hydroxylation is 1. The van der Waals surface area contributed by atoms with Crippen molar-refractivity contribution in [1.82, 2.24) is 19.2 Å². The van der Waals surface area contributed by atoms with Gasteiger partial charge in [-0.15, -0.1) is 0 Å². The Morgan fingerprint density at radius 3 is 2.40 bits per heavy atom. The Bertz CT molecular complexity index is 1570. The quantitative estimate of drug-likeness (QED) is 0.379. The maximum atomic E-state index is 14.0. The first-order valence-corrected chi connectivity index (χ1v) is 13.9. The maximum absolute atomic E-state index is 14.0. The highest BCUT2D eigenvalue weighted by molar-refractivity contribution is 5.51. The van der Waals surface area contributed by atoms with Gasteiger partial charge in [-0.25, -0.2) is 22.5 Å². The zero-order valence-corrected chi connectivity index (χ0v) is 22.5. The molecule has 2 aliphatic carbocycles. The van der Waals surface area contributed by atoms with Gasteiger partial charge in [0.1, 0.15) is 0 Å². The molecular weight excluding hydrogens is 528 g/mol. The zero-order chi connectivity index (χ0) is 28.4. The van der Waals surface area contributed by atoms with Gasteiger partial charge in [0.15, 0.2) is 5.65 Å². The van der Waals surface area contributed by atoms with E-state index in [9.17, 15) is 27.2 Å². The van der Waals surface area contributed by atoms with Gasteiger partial charge in [-0.3, -0.25) is 9.59 Å². The second-order valence-electron chi connectivity index (χ2n) is 11.7. The van der Waals surface area contributed by atoms with Crippen LogP contribution in [0.1, 0.15) is 103 Å². The van der Waals surface area contributed by atoms with Gasteiger partial charge >= 0.3 is 0 Å². The molecule has 6 rings (SSSR count). The highest BCUT2D eigenvalue weighted by atomic mass is 19.3. The first-order chi connectivity index (χ1) is 18.9. The van der Waals surface area contributed by atoms with Crippen LogP contribution in [0.2, 0.25) is 0 Å². The van der Waals surface area contributed by atoms with Crippen LogP contribution in [0.3, 0.4) is 0 Å². The summed E-state index contributed by atoms with van der Waals surface area (Å²) < 4.78 is 63.6. The SMILES string of the molecule is Cc1nc2c(C3CCC(F)(F)CC3)cc([C@@H]3CCO[C@H](c4ccc(=O)n(C5CC(F)(F)C5)c4)C3)nn2c(=O)c1C. The van der Waals surface area contributed by atoms with Crippen molar-refractivity contribution >= 4 is 5.65 Å². The number of hydrogen-bond acceptors (Lipinski definition) is 5. The minimum absolute atomic E-state index is 0.103. The molecule has 3 aliphatic rings. The minimum Gasteiger partial charge on any atom is -0.373 e. The Balaban J connectivity index is 1.34. The average Bonchev–Trinajstić information content (AvgIpc) is 2.90.